The van der Waals surface area contributed by atoms with Gasteiger partial charge in [0.15, 0.2) is 5.96 Å². The maximum absolute atomic E-state index is 11.6. The SMILES string of the molecule is CCNC(=NCC(O)COc1cccc(C)c1)NC1CCN(C(=O)OC)CC1.I. The Labute approximate surface area is 190 Å². The third-order valence-electron chi connectivity index (χ3n) is 4.50. The normalized spacial score (nSPS) is 15.9. The summed E-state index contributed by atoms with van der Waals surface area (Å²) in [5.74, 6) is 1.40. The van der Waals surface area contributed by atoms with Crippen molar-refractivity contribution < 1.29 is 19.4 Å². The van der Waals surface area contributed by atoms with Crippen LogP contribution in [0.3, 0.4) is 0 Å². The molecular weight excluding hydrogens is 487 g/mol. The van der Waals surface area contributed by atoms with Crippen molar-refractivity contribution in [1.82, 2.24) is 15.5 Å². The average molecular weight is 520 g/mol. The average Bonchev–Trinajstić information content (AvgIpc) is 2.70. The van der Waals surface area contributed by atoms with E-state index in [-0.39, 0.29) is 49.3 Å². The maximum atomic E-state index is 11.6. The fourth-order valence-corrected chi connectivity index (χ4v) is 3.00. The molecule has 1 aromatic rings. The number of likely N-dealkylation sites (tertiary alicyclic amines) is 1. The molecule has 0 saturated carbocycles. The first-order chi connectivity index (χ1) is 13.5. The summed E-state index contributed by atoms with van der Waals surface area (Å²) in [5, 5.41) is 16.8. The van der Waals surface area contributed by atoms with Crippen LogP contribution < -0.4 is 15.4 Å². The smallest absolute Gasteiger partial charge is 0.409 e. The van der Waals surface area contributed by atoms with Gasteiger partial charge in [0, 0.05) is 25.7 Å². The van der Waals surface area contributed by atoms with Gasteiger partial charge < -0.3 is 30.1 Å². The van der Waals surface area contributed by atoms with Crippen LogP contribution in [0.2, 0.25) is 0 Å². The summed E-state index contributed by atoms with van der Waals surface area (Å²) in [5.41, 5.74) is 1.11. The first-order valence-electron chi connectivity index (χ1n) is 9.77. The zero-order valence-electron chi connectivity index (χ0n) is 17.4. The van der Waals surface area contributed by atoms with E-state index in [1.54, 1.807) is 4.90 Å². The number of aliphatic imine (C=N–C) groups is 1. The number of benzene rings is 1. The number of piperidine rings is 1. The fraction of sp³-hybridized carbons (Fsp3) is 0.600. The molecule has 164 valence electrons. The van der Waals surface area contributed by atoms with E-state index in [1.165, 1.54) is 7.11 Å². The Morgan fingerprint density at radius 2 is 2.10 bits per heavy atom. The van der Waals surface area contributed by atoms with Crippen molar-refractivity contribution in [2.24, 2.45) is 4.99 Å². The lowest BCUT2D eigenvalue weighted by molar-refractivity contribution is 0.111. The number of methoxy groups -OCH3 is 1. The zero-order chi connectivity index (χ0) is 20.4. The van der Waals surface area contributed by atoms with E-state index in [9.17, 15) is 9.90 Å². The Morgan fingerprint density at radius 1 is 1.38 bits per heavy atom. The third kappa shape index (κ3) is 9.07. The number of rotatable bonds is 7. The predicted molar refractivity (Wildman–Crippen MR) is 124 cm³/mol. The molecule has 9 heteroatoms. The molecule has 0 spiro atoms. The number of guanidine groups is 1. The molecule has 0 bridgehead atoms. The van der Waals surface area contributed by atoms with E-state index in [2.05, 4.69) is 15.6 Å². The van der Waals surface area contributed by atoms with Crippen LogP contribution in [0.5, 0.6) is 5.75 Å². The van der Waals surface area contributed by atoms with E-state index in [4.69, 9.17) is 9.47 Å². The highest BCUT2D eigenvalue weighted by Crippen LogP contribution is 2.13. The summed E-state index contributed by atoms with van der Waals surface area (Å²) in [6.07, 6.45) is 0.657. The number of ether oxygens (including phenoxy) is 2. The molecule has 3 N–H and O–H groups in total. The molecule has 8 nitrogen and oxygen atoms in total. The molecule has 1 atom stereocenters. The van der Waals surface area contributed by atoms with Gasteiger partial charge in [-0.1, -0.05) is 12.1 Å². The van der Waals surface area contributed by atoms with Gasteiger partial charge in [0.1, 0.15) is 18.5 Å². The summed E-state index contributed by atoms with van der Waals surface area (Å²) < 4.78 is 10.4. The molecule has 0 aliphatic carbocycles. The summed E-state index contributed by atoms with van der Waals surface area (Å²) in [7, 11) is 1.40. The number of carbonyl (C=O) groups is 1. The van der Waals surface area contributed by atoms with Crippen LogP contribution >= 0.6 is 24.0 Å². The molecule has 1 unspecified atom stereocenters. The minimum atomic E-state index is -0.697. The minimum Gasteiger partial charge on any atom is -0.491 e. The number of aryl methyl sites for hydroxylation is 1. The molecule has 29 heavy (non-hydrogen) atoms. The number of aliphatic hydroxyl groups excluding tert-OH is 1. The Kier molecular flexibility index (Phi) is 11.7. The Balaban J connectivity index is 0.00000420. The molecule has 1 aliphatic heterocycles. The summed E-state index contributed by atoms with van der Waals surface area (Å²) in [6, 6.07) is 7.95. The molecule has 0 aromatic heterocycles. The van der Waals surface area contributed by atoms with Crippen molar-refractivity contribution in [3.63, 3.8) is 0 Å². The van der Waals surface area contributed by atoms with Gasteiger partial charge in [0.2, 0.25) is 0 Å². The van der Waals surface area contributed by atoms with Crippen molar-refractivity contribution in [2.45, 2.75) is 38.8 Å². The Hall–Kier alpha value is -1.75. The van der Waals surface area contributed by atoms with Crippen LogP contribution in [0.4, 0.5) is 4.79 Å². The molecule has 1 saturated heterocycles. The summed E-state index contributed by atoms with van der Waals surface area (Å²) in [6.45, 7) is 6.44. The molecule has 1 fully saturated rings. The highest BCUT2D eigenvalue weighted by atomic mass is 127. The number of hydrogen-bond acceptors (Lipinski definition) is 5. The minimum absolute atomic E-state index is 0. The van der Waals surface area contributed by atoms with Crippen LogP contribution in [0.15, 0.2) is 29.3 Å². The number of nitrogens with one attached hydrogen (secondary N) is 2. The molecule has 1 aromatic carbocycles. The monoisotopic (exact) mass is 520 g/mol. The van der Waals surface area contributed by atoms with Crippen LogP contribution in [-0.2, 0) is 4.74 Å². The van der Waals surface area contributed by atoms with E-state index in [0.29, 0.717) is 19.0 Å². The second kappa shape index (κ2) is 13.5. The first-order valence-corrected chi connectivity index (χ1v) is 9.77. The van der Waals surface area contributed by atoms with E-state index in [1.807, 2.05) is 38.1 Å². The van der Waals surface area contributed by atoms with Gasteiger partial charge >= 0.3 is 6.09 Å². The van der Waals surface area contributed by atoms with Gasteiger partial charge in [-0.15, -0.1) is 24.0 Å². The molecular formula is C20H33IN4O4. The molecule has 1 amide bonds. The molecule has 1 heterocycles. The van der Waals surface area contributed by atoms with Crippen molar-refractivity contribution in [3.05, 3.63) is 29.8 Å². The number of aliphatic hydroxyl groups is 1. The second-order valence-electron chi connectivity index (χ2n) is 6.88. The van der Waals surface area contributed by atoms with Crippen molar-refractivity contribution in [1.29, 1.82) is 0 Å². The lowest BCUT2D eigenvalue weighted by Crippen LogP contribution is -2.50. The summed E-state index contributed by atoms with van der Waals surface area (Å²) in [4.78, 5) is 17.7. The molecule has 1 aliphatic rings. The molecule has 2 rings (SSSR count). The Bertz CT molecular complexity index is 651. The van der Waals surface area contributed by atoms with Gasteiger partial charge in [-0.2, -0.15) is 0 Å². The standard InChI is InChI=1S/C20H32N4O4.HI/c1-4-21-19(23-16-8-10-24(11-9-16)20(26)27-3)22-13-17(25)14-28-18-7-5-6-15(2)12-18;/h5-7,12,16-17,25H,4,8-11,13-14H2,1-3H3,(H2,21,22,23);1H. The van der Waals surface area contributed by atoms with E-state index in [0.717, 1.165) is 30.7 Å². The first kappa shape index (κ1) is 25.3. The topological polar surface area (TPSA) is 95.4 Å². The van der Waals surface area contributed by atoms with Gasteiger partial charge in [-0.3, -0.25) is 4.99 Å². The van der Waals surface area contributed by atoms with Crippen molar-refractivity contribution >= 4 is 36.0 Å². The van der Waals surface area contributed by atoms with Gasteiger partial charge in [-0.25, -0.2) is 4.79 Å². The summed E-state index contributed by atoms with van der Waals surface area (Å²) >= 11 is 0. The molecule has 0 radical (unpaired) electrons. The van der Waals surface area contributed by atoms with Crippen molar-refractivity contribution in [3.8, 4) is 5.75 Å². The zero-order valence-corrected chi connectivity index (χ0v) is 19.7. The van der Waals surface area contributed by atoms with Gasteiger partial charge in [0.25, 0.3) is 0 Å². The number of nitrogens with zero attached hydrogens (tertiary/aromatic N) is 2. The number of carbonyl (C=O) groups excluding carboxylic acids is 1. The predicted octanol–water partition coefficient (Wildman–Crippen LogP) is 2.14. The number of hydrogen-bond donors (Lipinski definition) is 3. The number of halogens is 1. The number of amides is 1. The maximum Gasteiger partial charge on any atom is 0.409 e. The third-order valence-corrected chi connectivity index (χ3v) is 4.50. The van der Waals surface area contributed by atoms with Crippen molar-refractivity contribution in [2.75, 3.05) is 39.9 Å². The fourth-order valence-electron chi connectivity index (χ4n) is 3.00. The second-order valence-corrected chi connectivity index (χ2v) is 6.88. The van der Waals surface area contributed by atoms with Gasteiger partial charge in [-0.05, 0) is 44.4 Å². The van der Waals surface area contributed by atoms with Gasteiger partial charge in [0.05, 0.1) is 13.7 Å². The van der Waals surface area contributed by atoms with E-state index >= 15 is 0 Å². The van der Waals surface area contributed by atoms with Crippen LogP contribution in [0.25, 0.3) is 0 Å². The van der Waals surface area contributed by atoms with Crippen LogP contribution in [0.1, 0.15) is 25.3 Å². The van der Waals surface area contributed by atoms with Crippen LogP contribution in [-0.4, -0.2) is 74.1 Å². The largest absolute Gasteiger partial charge is 0.491 e. The highest BCUT2D eigenvalue weighted by Gasteiger charge is 2.23. The quantitative estimate of drug-likeness (QED) is 0.290. The van der Waals surface area contributed by atoms with Crippen LogP contribution in [0, 0.1) is 6.92 Å². The highest BCUT2D eigenvalue weighted by molar-refractivity contribution is 14.0. The Morgan fingerprint density at radius 3 is 2.72 bits per heavy atom. The lowest BCUT2D eigenvalue weighted by Gasteiger charge is -2.32. The lowest BCUT2D eigenvalue weighted by atomic mass is 10.1. The van der Waals surface area contributed by atoms with E-state index < -0.39 is 6.10 Å².